The molecular weight excluding hydrogens is 1170 g/mol. The van der Waals surface area contributed by atoms with Crippen molar-refractivity contribution in [3.05, 3.63) is 137 Å². The number of aromatic nitrogens is 4. The zero-order valence-corrected chi connectivity index (χ0v) is 50.2. The number of aliphatic hydroxyl groups is 3. The van der Waals surface area contributed by atoms with Crippen LogP contribution in [-0.4, -0.2) is 130 Å². The van der Waals surface area contributed by atoms with E-state index in [1.807, 2.05) is 60.7 Å². The molecule has 2 aliphatic heterocycles. The van der Waals surface area contributed by atoms with E-state index in [0.717, 1.165) is 83.9 Å². The van der Waals surface area contributed by atoms with Crippen LogP contribution in [0.5, 0.6) is 0 Å². The Kier molecular flexibility index (Phi) is 37.7. The maximum atomic E-state index is 13.7. The molecule has 81 heavy (non-hydrogen) atoms. The van der Waals surface area contributed by atoms with Crippen molar-refractivity contribution in [3.8, 4) is 0 Å². The molecule has 8 N–H and O–H groups in total. The molecule has 0 radical (unpaired) electrons. The summed E-state index contributed by atoms with van der Waals surface area (Å²) in [5.74, 6) is -1.70. The van der Waals surface area contributed by atoms with Crippen LogP contribution in [0.3, 0.4) is 0 Å². The summed E-state index contributed by atoms with van der Waals surface area (Å²) in [4.78, 5) is 92.8. The Bertz CT molecular complexity index is 2790. The van der Waals surface area contributed by atoms with Crippen LogP contribution < -0.4 is 52.1 Å². The van der Waals surface area contributed by atoms with Crippen LogP contribution in [0.25, 0.3) is 0 Å². The quantitative estimate of drug-likeness (QED) is 0.0139. The normalized spacial score (nSPS) is 19.5. The van der Waals surface area contributed by atoms with Gasteiger partial charge >= 0.3 is 67.9 Å². The van der Waals surface area contributed by atoms with Crippen LogP contribution in [-0.2, 0) is 64.2 Å². The number of nitrogens with zero attached hydrogens (tertiary/aromatic N) is 2. The van der Waals surface area contributed by atoms with Crippen molar-refractivity contribution in [3.63, 3.8) is 0 Å². The maximum absolute atomic E-state index is 13.7. The number of H-pyrrole nitrogens is 2. The van der Waals surface area contributed by atoms with Gasteiger partial charge in [-0.05, 0) is 54.3 Å². The second kappa shape index (κ2) is 40.5. The molecule has 450 valence electrons. The van der Waals surface area contributed by atoms with Gasteiger partial charge in [-0.15, -0.1) is 0 Å². The van der Waals surface area contributed by atoms with E-state index in [0.29, 0.717) is 37.4 Å². The van der Waals surface area contributed by atoms with Gasteiger partial charge < -0.3 is 49.5 Å². The number of rotatable bonds is 27. The molecule has 33 heteroatoms. The van der Waals surface area contributed by atoms with Gasteiger partial charge in [0.2, 0.25) is 11.6 Å². The molecule has 0 saturated carbocycles. The van der Waals surface area contributed by atoms with Crippen LogP contribution in [0.1, 0.15) is 94.7 Å². The smallest absolute Gasteiger partial charge is 0.870 e. The first kappa shape index (κ1) is 75.3. The van der Waals surface area contributed by atoms with Gasteiger partial charge in [0.1, 0.15) is 37.4 Å². The largest absolute Gasteiger partial charge is 1.00 e. The van der Waals surface area contributed by atoms with Gasteiger partial charge in [0.05, 0.1) is 51.5 Å². The van der Waals surface area contributed by atoms with E-state index < -0.39 is 106 Å². The van der Waals surface area contributed by atoms with Crippen molar-refractivity contribution in [2.45, 2.75) is 121 Å². The number of carbonyl (C=O) groups excluding carboxylic acids is 2. The van der Waals surface area contributed by atoms with Crippen LogP contribution in [0, 0.1) is 11.6 Å². The van der Waals surface area contributed by atoms with Gasteiger partial charge in [0.25, 0.3) is 11.1 Å². The Hall–Kier alpha value is -3.72. The third kappa shape index (κ3) is 29.1. The molecule has 0 bridgehead atoms. The predicted molar refractivity (Wildman–Crippen MR) is 287 cm³/mol. The average molecular weight is 1240 g/mol. The maximum Gasteiger partial charge on any atom is 1.00 e. The monoisotopic (exact) mass is 1240 g/mol. The molecule has 8 atom stereocenters. The molecule has 2 aromatic heterocycles. The van der Waals surface area contributed by atoms with E-state index in [1.165, 1.54) is 0 Å². The number of phosphoric ester groups is 2. The Morgan fingerprint density at radius 3 is 1.65 bits per heavy atom. The van der Waals surface area contributed by atoms with E-state index in [1.54, 1.807) is 9.97 Å². The molecule has 4 aromatic rings. The van der Waals surface area contributed by atoms with Crippen LogP contribution in [0.4, 0.5) is 13.6 Å². The molecule has 4 heterocycles. The number of thioether (sulfide) groups is 1. The number of nitrogens with one attached hydrogen (secondary N) is 2. The summed E-state index contributed by atoms with van der Waals surface area (Å²) in [7, 11) is -7.82. The standard InChI is InChI=1S/C25H32FN2O11PS.C15H24FN2O8PS.C7H8O.CH4O.Na.H2O/c1-17(29)38-20-13-22(28-14-19(26)23(30)27-24(28)31)39-21(20)16-37-40(33,34)36-11-7-2-3-8-12-41-25(32)35-15-18-9-5-4-6-10-18;16-10-8-18(15(21)17-14(10)20)13-7-11(19)12(26-13)9-25-27(22,23)24-5-3-1-2-4-6-28;8-6-7-4-2-1-3-5-7;1-2;;/h4-6,9-10,14,20-22H,2-3,7-8,11-13,15-16H2,1H3,(H,33,34)(H,27,30,31);8,11-13,19,28H,1-7,9H2,(H,22,23)(H,17,20,21);1-5,8H,6H2;2H,1H3;;1H2/q;;;;+1;/p-1/t20?,21-,22-;11?,12-,13-;;;;/m11..../s1. The summed E-state index contributed by atoms with van der Waals surface area (Å²) in [6.45, 7) is 0.497. The zero-order chi connectivity index (χ0) is 58.4. The minimum Gasteiger partial charge on any atom is -0.870 e. The topological polar surface area (TPSA) is 383 Å². The van der Waals surface area contributed by atoms with Gasteiger partial charge in [0, 0.05) is 32.6 Å². The van der Waals surface area contributed by atoms with E-state index in [4.69, 9.17) is 47.3 Å². The first-order valence-corrected chi connectivity index (χ1v) is 29.3. The van der Waals surface area contributed by atoms with E-state index >= 15 is 0 Å². The summed E-state index contributed by atoms with van der Waals surface area (Å²) < 4.78 is 93.9. The van der Waals surface area contributed by atoms with E-state index in [-0.39, 0.29) is 79.6 Å². The van der Waals surface area contributed by atoms with Crippen molar-refractivity contribution >= 4 is 51.3 Å². The summed E-state index contributed by atoms with van der Waals surface area (Å²) in [6, 6.07) is 18.9. The Morgan fingerprint density at radius 1 is 0.716 bits per heavy atom. The molecule has 26 nitrogen and oxygen atoms in total. The molecule has 2 saturated heterocycles. The number of phosphoric acid groups is 2. The molecule has 0 amide bonds. The molecule has 6 rings (SSSR count). The Balaban J connectivity index is 0.000000706. The van der Waals surface area contributed by atoms with E-state index in [9.17, 15) is 61.6 Å². The summed E-state index contributed by atoms with van der Waals surface area (Å²) in [6.07, 6.45) is 0.720. The predicted octanol–water partition coefficient (Wildman–Crippen LogP) is 2.22. The number of benzene rings is 2. The SMILES string of the molecule is CC(=O)OC1C[C@H](n2cc(F)c(=O)[nH]c2=O)O[C@@H]1COP(=O)(O)OCCCCCCSC(=O)OCc1ccccc1.CO.O=c1[nH]c(=O)n([C@H]2CC(O)[C@@H](COP(=O)(O)OCCCCCCS)O2)cc1F.OCc1ccccc1.[Na+].[OH-]. The molecular formula is C48H69F2N4NaO22P2S2. The van der Waals surface area contributed by atoms with Crippen molar-refractivity contribution in [1.82, 2.24) is 19.1 Å². The average Bonchev–Trinajstić information content (AvgIpc) is 4.03. The number of carbonyl (C=O) groups is 2. The van der Waals surface area contributed by atoms with Gasteiger partial charge in [-0.3, -0.25) is 51.6 Å². The summed E-state index contributed by atoms with van der Waals surface area (Å²) in [5.41, 5.74) is -2.33. The molecule has 0 aliphatic carbocycles. The molecule has 2 aromatic carbocycles. The van der Waals surface area contributed by atoms with Crippen molar-refractivity contribution in [2.75, 3.05) is 45.0 Å². The first-order valence-electron chi connectivity index (χ1n) is 24.7. The van der Waals surface area contributed by atoms with Gasteiger partial charge in [-0.2, -0.15) is 21.4 Å². The zero-order valence-electron chi connectivity index (χ0n) is 44.7. The third-order valence-electron chi connectivity index (χ3n) is 11.0. The summed E-state index contributed by atoms with van der Waals surface area (Å²) in [5, 5.41) is 25.2. The number of esters is 1. The number of hydrogen-bond acceptors (Lipinski definition) is 22. The third-order valence-corrected chi connectivity index (χ3v) is 14.2. The first-order chi connectivity index (χ1) is 37.7. The number of halogens is 2. The van der Waals surface area contributed by atoms with Crippen LogP contribution in [0.15, 0.2) is 92.2 Å². The van der Waals surface area contributed by atoms with Gasteiger partial charge in [-0.1, -0.05) is 86.3 Å². The van der Waals surface area contributed by atoms with Gasteiger partial charge in [-0.25, -0.2) is 23.5 Å². The number of hydrogen-bond donors (Lipinski definition) is 8. The number of ether oxygens (including phenoxy) is 4. The fraction of sp³-hybridized carbons (Fsp3) is 0.542. The molecule has 4 unspecified atom stereocenters. The molecule has 0 spiro atoms. The van der Waals surface area contributed by atoms with Crippen molar-refractivity contribution in [1.29, 1.82) is 0 Å². The Morgan fingerprint density at radius 2 is 1.17 bits per heavy atom. The molecule has 2 aliphatic rings. The minimum atomic E-state index is -4.49. The second-order valence-electron chi connectivity index (χ2n) is 17.0. The summed E-state index contributed by atoms with van der Waals surface area (Å²) >= 11 is 5.19. The van der Waals surface area contributed by atoms with Crippen molar-refractivity contribution in [2.24, 2.45) is 0 Å². The van der Waals surface area contributed by atoms with Crippen LogP contribution in [0.2, 0.25) is 0 Å². The van der Waals surface area contributed by atoms with Crippen LogP contribution >= 0.6 is 40.0 Å². The molecule has 2 fully saturated rings. The number of aromatic amines is 2. The Labute approximate surface area is 496 Å². The minimum absolute atomic E-state index is 0. The number of aliphatic hydroxyl groups excluding tert-OH is 3. The van der Waals surface area contributed by atoms with Gasteiger partial charge in [0.15, 0.2) is 0 Å². The fourth-order valence-corrected chi connectivity index (χ4v) is 9.56. The van der Waals surface area contributed by atoms with E-state index in [2.05, 4.69) is 12.6 Å². The van der Waals surface area contributed by atoms with Crippen molar-refractivity contribution < 1.29 is 125 Å². The number of thiol groups is 1. The second-order valence-corrected chi connectivity index (χ2v) is 21.4. The number of unbranched alkanes of at least 4 members (excludes halogenated alkanes) is 6. The fourth-order valence-electron chi connectivity index (χ4n) is 7.14.